The molecule has 0 N–H and O–H groups in total. The lowest BCUT2D eigenvalue weighted by Crippen LogP contribution is -2.51. The van der Waals surface area contributed by atoms with E-state index in [0.717, 1.165) is 11.9 Å². The Labute approximate surface area is 189 Å². The second kappa shape index (κ2) is 9.60. The third-order valence-corrected chi connectivity index (χ3v) is 6.32. The van der Waals surface area contributed by atoms with Crippen LogP contribution in [-0.2, 0) is 16.1 Å². The molecule has 0 aliphatic carbocycles. The Bertz CT molecular complexity index is 1200. The SMILES string of the molecule is CCCn1c(=O)c2ccccc2n2c(SCC(=O)N3CCN(C(=O)OCC)CC3)nnc12. The van der Waals surface area contributed by atoms with E-state index in [4.69, 9.17) is 4.74 Å². The van der Waals surface area contributed by atoms with Gasteiger partial charge in [-0.1, -0.05) is 30.8 Å². The molecule has 0 unspecified atom stereocenters. The highest BCUT2D eigenvalue weighted by Gasteiger charge is 2.25. The summed E-state index contributed by atoms with van der Waals surface area (Å²) in [4.78, 5) is 40.9. The molecule has 1 aliphatic rings. The summed E-state index contributed by atoms with van der Waals surface area (Å²) < 4.78 is 8.51. The number of hydrogen-bond acceptors (Lipinski definition) is 7. The van der Waals surface area contributed by atoms with Crippen molar-refractivity contribution in [1.82, 2.24) is 29.0 Å². The van der Waals surface area contributed by atoms with E-state index in [2.05, 4.69) is 10.2 Å². The van der Waals surface area contributed by atoms with Crippen LogP contribution in [0.15, 0.2) is 34.2 Å². The van der Waals surface area contributed by atoms with E-state index in [1.165, 1.54) is 11.8 Å². The van der Waals surface area contributed by atoms with Crippen LogP contribution in [0.5, 0.6) is 0 Å². The monoisotopic (exact) mass is 458 g/mol. The topological polar surface area (TPSA) is 102 Å². The van der Waals surface area contributed by atoms with Gasteiger partial charge in [0.15, 0.2) is 5.16 Å². The molecule has 4 rings (SSSR count). The largest absolute Gasteiger partial charge is 0.450 e. The van der Waals surface area contributed by atoms with Crippen LogP contribution in [0.2, 0.25) is 0 Å². The maximum Gasteiger partial charge on any atom is 0.409 e. The zero-order chi connectivity index (χ0) is 22.7. The molecular weight excluding hydrogens is 432 g/mol. The van der Waals surface area contributed by atoms with E-state index in [1.807, 2.05) is 29.5 Å². The third-order valence-electron chi connectivity index (χ3n) is 5.41. The molecule has 0 radical (unpaired) electrons. The molecule has 2 amide bonds. The van der Waals surface area contributed by atoms with Crippen LogP contribution in [0.3, 0.4) is 0 Å². The van der Waals surface area contributed by atoms with Gasteiger partial charge in [-0.3, -0.25) is 18.6 Å². The van der Waals surface area contributed by atoms with Gasteiger partial charge < -0.3 is 14.5 Å². The summed E-state index contributed by atoms with van der Waals surface area (Å²) in [6, 6.07) is 7.37. The maximum absolute atomic E-state index is 12.9. The Morgan fingerprint density at radius 1 is 1.06 bits per heavy atom. The summed E-state index contributed by atoms with van der Waals surface area (Å²) in [6.07, 6.45) is 0.452. The van der Waals surface area contributed by atoms with E-state index in [0.29, 0.717) is 55.7 Å². The minimum Gasteiger partial charge on any atom is -0.450 e. The summed E-state index contributed by atoms with van der Waals surface area (Å²) in [7, 11) is 0. The average molecular weight is 459 g/mol. The van der Waals surface area contributed by atoms with Crippen LogP contribution in [0, 0.1) is 0 Å². The van der Waals surface area contributed by atoms with Gasteiger partial charge in [-0.05, 0) is 25.5 Å². The van der Waals surface area contributed by atoms with Gasteiger partial charge in [-0.15, -0.1) is 10.2 Å². The predicted molar refractivity (Wildman–Crippen MR) is 121 cm³/mol. The first-order valence-corrected chi connectivity index (χ1v) is 11.7. The fourth-order valence-electron chi connectivity index (χ4n) is 3.82. The van der Waals surface area contributed by atoms with Crippen LogP contribution >= 0.6 is 11.8 Å². The molecule has 0 saturated carbocycles. The zero-order valence-corrected chi connectivity index (χ0v) is 19.0. The highest BCUT2D eigenvalue weighted by atomic mass is 32.2. The lowest BCUT2D eigenvalue weighted by atomic mass is 10.2. The first kappa shape index (κ1) is 22.1. The fraction of sp³-hybridized carbons (Fsp3) is 0.476. The second-order valence-electron chi connectivity index (χ2n) is 7.45. The van der Waals surface area contributed by atoms with E-state index in [9.17, 15) is 14.4 Å². The number of fused-ring (bicyclic) bond motifs is 3. The molecule has 3 heterocycles. The van der Waals surface area contributed by atoms with Gasteiger partial charge in [0.25, 0.3) is 5.56 Å². The maximum atomic E-state index is 12.9. The number of aromatic nitrogens is 4. The molecule has 1 aromatic carbocycles. The zero-order valence-electron chi connectivity index (χ0n) is 18.2. The summed E-state index contributed by atoms with van der Waals surface area (Å²) >= 11 is 1.30. The molecule has 3 aromatic rings. The van der Waals surface area contributed by atoms with Crippen LogP contribution in [0.4, 0.5) is 4.79 Å². The molecule has 2 aromatic heterocycles. The fourth-order valence-corrected chi connectivity index (χ4v) is 4.67. The quantitative estimate of drug-likeness (QED) is 0.520. The summed E-state index contributed by atoms with van der Waals surface area (Å²) in [6.45, 7) is 6.50. The molecule has 1 saturated heterocycles. The summed E-state index contributed by atoms with van der Waals surface area (Å²) in [5, 5.41) is 9.70. The number of ether oxygens (including phenoxy) is 1. The van der Waals surface area contributed by atoms with Gasteiger partial charge in [-0.2, -0.15) is 0 Å². The third kappa shape index (κ3) is 4.16. The van der Waals surface area contributed by atoms with Crippen molar-refractivity contribution in [3.05, 3.63) is 34.6 Å². The molecule has 1 fully saturated rings. The molecular formula is C21H26N6O4S. The number of piperazine rings is 1. The van der Waals surface area contributed by atoms with Crippen molar-refractivity contribution in [2.24, 2.45) is 0 Å². The van der Waals surface area contributed by atoms with E-state index in [1.54, 1.807) is 27.4 Å². The van der Waals surface area contributed by atoms with Crippen LogP contribution in [-0.4, -0.2) is 79.5 Å². The van der Waals surface area contributed by atoms with Crippen LogP contribution in [0.1, 0.15) is 20.3 Å². The van der Waals surface area contributed by atoms with Gasteiger partial charge >= 0.3 is 6.09 Å². The Morgan fingerprint density at radius 2 is 1.78 bits per heavy atom. The first-order chi connectivity index (χ1) is 15.5. The van der Waals surface area contributed by atoms with Gasteiger partial charge in [0.2, 0.25) is 11.7 Å². The minimum atomic E-state index is -0.339. The number of amides is 2. The minimum absolute atomic E-state index is 0.0264. The van der Waals surface area contributed by atoms with Gasteiger partial charge in [-0.25, -0.2) is 4.79 Å². The van der Waals surface area contributed by atoms with Gasteiger partial charge in [0.1, 0.15) is 0 Å². The molecule has 1 aliphatic heterocycles. The summed E-state index contributed by atoms with van der Waals surface area (Å²) in [5.41, 5.74) is 0.636. The number of nitrogens with zero attached hydrogens (tertiary/aromatic N) is 6. The van der Waals surface area contributed by atoms with Crippen molar-refractivity contribution in [3.8, 4) is 0 Å². The Balaban J connectivity index is 1.51. The Hall–Kier alpha value is -3.08. The smallest absolute Gasteiger partial charge is 0.409 e. The van der Waals surface area contributed by atoms with Crippen molar-refractivity contribution in [2.45, 2.75) is 32.0 Å². The van der Waals surface area contributed by atoms with Gasteiger partial charge in [0, 0.05) is 32.7 Å². The van der Waals surface area contributed by atoms with Crippen molar-refractivity contribution >= 4 is 40.4 Å². The molecule has 32 heavy (non-hydrogen) atoms. The standard InChI is InChI=1S/C21H26N6O4S/c1-3-9-26-18(29)15-7-5-6-8-16(15)27-19(26)22-23-20(27)32-14-17(28)24-10-12-25(13-11-24)21(30)31-4-2/h5-8H,3-4,9-14H2,1-2H3. The highest BCUT2D eigenvalue weighted by Crippen LogP contribution is 2.22. The summed E-state index contributed by atoms with van der Waals surface area (Å²) in [5.74, 6) is 0.650. The van der Waals surface area contributed by atoms with E-state index < -0.39 is 0 Å². The van der Waals surface area contributed by atoms with E-state index in [-0.39, 0.29) is 23.3 Å². The number of para-hydroxylation sites is 1. The Kier molecular flexibility index (Phi) is 6.63. The second-order valence-corrected chi connectivity index (χ2v) is 8.39. The van der Waals surface area contributed by atoms with E-state index >= 15 is 0 Å². The lowest BCUT2D eigenvalue weighted by molar-refractivity contribution is -0.129. The number of rotatable bonds is 6. The number of hydrogen-bond donors (Lipinski definition) is 0. The first-order valence-electron chi connectivity index (χ1n) is 10.7. The number of carbonyl (C=O) groups is 2. The number of aryl methyl sites for hydroxylation is 1. The molecule has 10 nitrogen and oxygen atoms in total. The van der Waals surface area contributed by atoms with Gasteiger partial charge in [0.05, 0.1) is 23.3 Å². The molecule has 0 bridgehead atoms. The Morgan fingerprint density at radius 3 is 2.50 bits per heavy atom. The number of thioether (sulfide) groups is 1. The van der Waals surface area contributed by atoms with Crippen molar-refractivity contribution in [2.75, 3.05) is 38.5 Å². The predicted octanol–water partition coefficient (Wildman–Crippen LogP) is 1.85. The lowest BCUT2D eigenvalue weighted by Gasteiger charge is -2.34. The van der Waals surface area contributed by atoms with Crippen molar-refractivity contribution < 1.29 is 14.3 Å². The van der Waals surface area contributed by atoms with Crippen molar-refractivity contribution in [3.63, 3.8) is 0 Å². The normalized spacial score (nSPS) is 14.3. The molecule has 170 valence electrons. The van der Waals surface area contributed by atoms with Crippen LogP contribution in [0.25, 0.3) is 16.7 Å². The number of carbonyl (C=O) groups excluding carboxylic acids is 2. The molecule has 0 spiro atoms. The molecule has 0 atom stereocenters. The molecule has 11 heteroatoms. The number of benzene rings is 1. The van der Waals surface area contributed by atoms with Crippen LogP contribution < -0.4 is 5.56 Å². The van der Waals surface area contributed by atoms with Crippen molar-refractivity contribution in [1.29, 1.82) is 0 Å². The average Bonchev–Trinajstić information content (AvgIpc) is 3.24. The highest BCUT2D eigenvalue weighted by molar-refractivity contribution is 7.99.